The second kappa shape index (κ2) is 7.97. The van der Waals surface area contributed by atoms with Crippen molar-refractivity contribution in [1.82, 2.24) is 24.8 Å². The first-order valence-corrected chi connectivity index (χ1v) is 10.1. The molecule has 2 aromatic heterocycles. The van der Waals surface area contributed by atoms with E-state index in [2.05, 4.69) is 19.9 Å². The number of fused-ring (bicyclic) bond motifs is 1. The van der Waals surface area contributed by atoms with E-state index in [1.165, 1.54) is 12.1 Å². The molecule has 0 saturated heterocycles. The van der Waals surface area contributed by atoms with Crippen molar-refractivity contribution in [2.45, 2.75) is 19.5 Å². The largest absolute Gasteiger partial charge is 0.341 e. The summed E-state index contributed by atoms with van der Waals surface area (Å²) in [5, 5.41) is 0.702. The molecule has 0 amide bonds. The minimum atomic E-state index is -0.244. The highest BCUT2D eigenvalue weighted by atomic mass is 35.5. The Hall–Kier alpha value is -3.09. The van der Waals surface area contributed by atoms with Crippen LogP contribution in [-0.4, -0.2) is 31.4 Å². The Labute approximate surface area is 178 Å². The smallest absolute Gasteiger partial charge is 0.159 e. The molecule has 1 aliphatic rings. The Morgan fingerprint density at radius 2 is 1.73 bits per heavy atom. The van der Waals surface area contributed by atoms with Gasteiger partial charge < -0.3 is 4.98 Å². The van der Waals surface area contributed by atoms with Crippen LogP contribution in [0.25, 0.3) is 22.6 Å². The highest BCUT2D eigenvalue weighted by Gasteiger charge is 2.20. The Morgan fingerprint density at radius 1 is 0.967 bits per heavy atom. The first-order chi connectivity index (χ1) is 14.6. The molecule has 0 atom stereocenters. The van der Waals surface area contributed by atoms with Crippen LogP contribution in [0.4, 0.5) is 4.39 Å². The Morgan fingerprint density at radius 3 is 2.53 bits per heavy atom. The first kappa shape index (κ1) is 18.9. The summed E-state index contributed by atoms with van der Waals surface area (Å²) in [6.45, 7) is 2.39. The number of aromatic nitrogens is 4. The molecule has 0 bridgehead atoms. The fourth-order valence-electron chi connectivity index (χ4n) is 3.68. The molecule has 0 unspecified atom stereocenters. The molecule has 7 heteroatoms. The van der Waals surface area contributed by atoms with Crippen molar-refractivity contribution in [2.24, 2.45) is 0 Å². The third-order valence-corrected chi connectivity index (χ3v) is 5.52. The average Bonchev–Trinajstić information content (AvgIpc) is 3.23. The van der Waals surface area contributed by atoms with Gasteiger partial charge in [-0.3, -0.25) is 4.90 Å². The maximum absolute atomic E-state index is 13.1. The topological polar surface area (TPSA) is 57.7 Å². The van der Waals surface area contributed by atoms with E-state index in [0.717, 1.165) is 59.2 Å². The molecule has 1 N–H and O–H groups in total. The zero-order valence-electron chi connectivity index (χ0n) is 16.1. The number of imidazole rings is 1. The van der Waals surface area contributed by atoms with Crippen molar-refractivity contribution in [3.05, 3.63) is 88.8 Å². The van der Waals surface area contributed by atoms with E-state index in [-0.39, 0.29) is 5.82 Å². The summed E-state index contributed by atoms with van der Waals surface area (Å²) >= 11 is 5.97. The second-order valence-electron chi connectivity index (χ2n) is 7.38. The molecular weight excluding hydrogens is 401 g/mol. The third-order valence-electron chi connectivity index (χ3n) is 5.27. The first-order valence-electron chi connectivity index (χ1n) is 9.77. The zero-order valence-corrected chi connectivity index (χ0v) is 16.9. The number of aromatic amines is 1. The molecule has 150 valence electrons. The summed E-state index contributed by atoms with van der Waals surface area (Å²) in [6, 6.07) is 14.0. The number of hydrogen-bond donors (Lipinski definition) is 1. The number of hydrogen-bond acceptors (Lipinski definition) is 4. The van der Waals surface area contributed by atoms with Crippen LogP contribution >= 0.6 is 11.6 Å². The van der Waals surface area contributed by atoms with Gasteiger partial charge in [0.2, 0.25) is 0 Å². The number of halogens is 2. The van der Waals surface area contributed by atoms with Crippen molar-refractivity contribution >= 4 is 11.6 Å². The number of nitrogens with zero attached hydrogens (tertiary/aromatic N) is 4. The van der Waals surface area contributed by atoms with E-state index >= 15 is 0 Å². The van der Waals surface area contributed by atoms with Crippen LogP contribution in [0, 0.1) is 5.82 Å². The van der Waals surface area contributed by atoms with Crippen LogP contribution in [0.3, 0.4) is 0 Å². The van der Waals surface area contributed by atoms with Crippen LogP contribution in [0.15, 0.2) is 60.9 Å². The summed E-state index contributed by atoms with van der Waals surface area (Å²) in [5.41, 5.74) is 5.01. The van der Waals surface area contributed by atoms with Gasteiger partial charge in [-0.05, 0) is 54.1 Å². The van der Waals surface area contributed by atoms with E-state index in [9.17, 15) is 4.39 Å². The van der Waals surface area contributed by atoms with Gasteiger partial charge in [0.25, 0.3) is 0 Å². The summed E-state index contributed by atoms with van der Waals surface area (Å²) in [4.78, 5) is 19.5. The van der Waals surface area contributed by atoms with E-state index in [4.69, 9.17) is 16.6 Å². The van der Waals surface area contributed by atoms with Crippen molar-refractivity contribution in [3.63, 3.8) is 0 Å². The van der Waals surface area contributed by atoms with Crippen LogP contribution in [0.5, 0.6) is 0 Å². The molecular formula is C23H19ClFN5. The monoisotopic (exact) mass is 419 g/mol. The minimum Gasteiger partial charge on any atom is -0.341 e. The SMILES string of the molecule is Fc1ccc(-c2cnc(CN3CCc4nc(-c5ccc(Cl)cc5)ncc4C3)[nH]2)cc1. The van der Waals surface area contributed by atoms with E-state index < -0.39 is 0 Å². The van der Waals surface area contributed by atoms with Crippen molar-refractivity contribution < 1.29 is 4.39 Å². The lowest BCUT2D eigenvalue weighted by atomic mass is 10.1. The lowest BCUT2D eigenvalue weighted by Crippen LogP contribution is -2.31. The number of benzene rings is 2. The fourth-order valence-corrected chi connectivity index (χ4v) is 3.80. The van der Waals surface area contributed by atoms with Gasteiger partial charge in [0, 0.05) is 41.9 Å². The van der Waals surface area contributed by atoms with E-state index in [1.54, 1.807) is 18.3 Å². The maximum Gasteiger partial charge on any atom is 0.159 e. The number of rotatable bonds is 4. The van der Waals surface area contributed by atoms with Gasteiger partial charge in [-0.1, -0.05) is 11.6 Å². The van der Waals surface area contributed by atoms with Crippen LogP contribution in [-0.2, 0) is 19.5 Å². The van der Waals surface area contributed by atoms with Gasteiger partial charge in [-0.2, -0.15) is 0 Å². The lowest BCUT2D eigenvalue weighted by Gasteiger charge is -2.27. The molecule has 5 nitrogen and oxygen atoms in total. The molecule has 3 heterocycles. The highest BCUT2D eigenvalue weighted by Crippen LogP contribution is 2.24. The van der Waals surface area contributed by atoms with Crippen LogP contribution < -0.4 is 0 Å². The van der Waals surface area contributed by atoms with Gasteiger partial charge in [0.05, 0.1) is 24.1 Å². The zero-order chi connectivity index (χ0) is 20.5. The van der Waals surface area contributed by atoms with Crippen molar-refractivity contribution in [1.29, 1.82) is 0 Å². The molecule has 4 aromatic rings. The molecule has 0 spiro atoms. The van der Waals surface area contributed by atoms with E-state index in [1.807, 2.05) is 30.5 Å². The van der Waals surface area contributed by atoms with Gasteiger partial charge in [0.1, 0.15) is 11.6 Å². The summed E-state index contributed by atoms with van der Waals surface area (Å²) in [5.74, 6) is 1.37. The summed E-state index contributed by atoms with van der Waals surface area (Å²) < 4.78 is 13.1. The Kier molecular flexibility index (Phi) is 5.02. The lowest BCUT2D eigenvalue weighted by molar-refractivity contribution is 0.237. The second-order valence-corrected chi connectivity index (χ2v) is 7.82. The van der Waals surface area contributed by atoms with Crippen molar-refractivity contribution in [2.75, 3.05) is 6.54 Å². The minimum absolute atomic E-state index is 0.244. The van der Waals surface area contributed by atoms with Crippen LogP contribution in [0.1, 0.15) is 17.1 Å². The number of nitrogens with one attached hydrogen (secondary N) is 1. The van der Waals surface area contributed by atoms with Crippen molar-refractivity contribution in [3.8, 4) is 22.6 Å². The maximum atomic E-state index is 13.1. The highest BCUT2D eigenvalue weighted by molar-refractivity contribution is 6.30. The number of H-pyrrole nitrogens is 1. The predicted octanol–water partition coefficient (Wildman–Crippen LogP) is 4.88. The van der Waals surface area contributed by atoms with Gasteiger partial charge in [0.15, 0.2) is 5.82 Å². The standard InChI is InChI=1S/C23H19ClFN5/c24-18-5-1-16(2-6-18)23-27-11-17-13-30(10-9-20(17)29-23)14-22-26-12-21(28-22)15-3-7-19(25)8-4-15/h1-8,11-12H,9-10,13-14H2,(H,26,28). The average molecular weight is 420 g/mol. The molecule has 0 fully saturated rings. The van der Waals surface area contributed by atoms with Gasteiger partial charge in [-0.25, -0.2) is 19.3 Å². The molecule has 0 saturated carbocycles. The van der Waals surface area contributed by atoms with Gasteiger partial charge in [-0.15, -0.1) is 0 Å². The molecule has 0 aliphatic carbocycles. The summed E-state index contributed by atoms with van der Waals surface area (Å²) in [6.07, 6.45) is 4.58. The molecule has 0 radical (unpaired) electrons. The third kappa shape index (κ3) is 3.97. The Balaban J connectivity index is 1.28. The van der Waals surface area contributed by atoms with E-state index in [0.29, 0.717) is 11.6 Å². The summed E-state index contributed by atoms with van der Waals surface area (Å²) in [7, 11) is 0. The predicted molar refractivity (Wildman–Crippen MR) is 114 cm³/mol. The fraction of sp³-hybridized carbons (Fsp3) is 0.174. The van der Waals surface area contributed by atoms with Gasteiger partial charge >= 0.3 is 0 Å². The van der Waals surface area contributed by atoms with Crippen LogP contribution in [0.2, 0.25) is 5.02 Å². The molecule has 30 heavy (non-hydrogen) atoms. The normalized spacial score (nSPS) is 13.9. The quantitative estimate of drug-likeness (QED) is 0.512. The molecule has 5 rings (SSSR count). The Bertz CT molecular complexity index is 1170. The molecule has 1 aliphatic heterocycles. The molecule has 2 aromatic carbocycles.